The minimum atomic E-state index is -0.122. The number of amides is 1. The lowest BCUT2D eigenvalue weighted by atomic mass is 10.2. The summed E-state index contributed by atoms with van der Waals surface area (Å²) in [6, 6.07) is 7.52. The van der Waals surface area contributed by atoms with Crippen LogP contribution in [0.1, 0.15) is 11.1 Å². The number of anilines is 1. The van der Waals surface area contributed by atoms with Gasteiger partial charge >= 0.3 is 0 Å². The number of ether oxygens (including phenoxy) is 1. The second-order valence-corrected chi connectivity index (χ2v) is 5.34. The van der Waals surface area contributed by atoms with Crippen LogP contribution in [0.15, 0.2) is 35.6 Å². The summed E-state index contributed by atoms with van der Waals surface area (Å²) in [5.74, 6) is 1.01. The first-order valence-electron chi connectivity index (χ1n) is 6.67. The number of carbonyl (C=O) groups excluding carboxylic acids is 1. The number of hydrogen-bond donors (Lipinski definition) is 2. The smallest absolute Gasteiger partial charge is 0.224 e. The van der Waals surface area contributed by atoms with Crippen molar-refractivity contribution in [2.24, 2.45) is 0 Å². The fourth-order valence-corrected chi connectivity index (χ4v) is 2.16. The zero-order chi connectivity index (χ0) is 15.9. The van der Waals surface area contributed by atoms with Crippen molar-refractivity contribution in [1.82, 2.24) is 15.3 Å². The molecule has 1 aromatic carbocycles. The number of benzene rings is 1. The standard InChI is InChI=1S/C15H18N4O2S/c1-21-12-5-3-10(4-6-12)8-17-13(20)7-11-9-18-15(22-2)19-14(11)16/h3-6,9H,7-8H2,1-2H3,(H,17,20)(H2,16,18,19). The third kappa shape index (κ3) is 4.36. The van der Waals surface area contributed by atoms with Gasteiger partial charge < -0.3 is 15.8 Å². The number of aromatic nitrogens is 2. The van der Waals surface area contributed by atoms with Crippen molar-refractivity contribution in [3.63, 3.8) is 0 Å². The molecule has 0 spiro atoms. The third-order valence-electron chi connectivity index (χ3n) is 3.06. The summed E-state index contributed by atoms with van der Waals surface area (Å²) in [6.07, 6.45) is 3.63. The quantitative estimate of drug-likeness (QED) is 0.622. The Bertz CT molecular complexity index is 646. The van der Waals surface area contributed by atoms with E-state index in [9.17, 15) is 4.79 Å². The van der Waals surface area contributed by atoms with Crippen molar-refractivity contribution in [3.05, 3.63) is 41.6 Å². The molecule has 1 amide bonds. The Morgan fingerprint density at radius 2 is 2.09 bits per heavy atom. The number of carbonyl (C=O) groups is 1. The highest BCUT2D eigenvalue weighted by molar-refractivity contribution is 7.98. The summed E-state index contributed by atoms with van der Waals surface area (Å²) in [6.45, 7) is 0.451. The number of nitrogens with zero attached hydrogens (tertiary/aromatic N) is 2. The van der Waals surface area contributed by atoms with Crippen LogP contribution in [0.3, 0.4) is 0 Å². The summed E-state index contributed by atoms with van der Waals surface area (Å²) < 4.78 is 5.09. The van der Waals surface area contributed by atoms with E-state index in [1.807, 2.05) is 30.5 Å². The van der Waals surface area contributed by atoms with Gasteiger partial charge in [-0.25, -0.2) is 9.97 Å². The molecule has 1 heterocycles. The molecule has 0 saturated carbocycles. The molecule has 2 rings (SSSR count). The van der Waals surface area contributed by atoms with Crippen molar-refractivity contribution in [3.8, 4) is 5.75 Å². The van der Waals surface area contributed by atoms with E-state index < -0.39 is 0 Å². The van der Waals surface area contributed by atoms with Crippen LogP contribution in [0.4, 0.5) is 5.82 Å². The van der Waals surface area contributed by atoms with Gasteiger partial charge in [-0.05, 0) is 24.0 Å². The summed E-state index contributed by atoms with van der Waals surface area (Å²) >= 11 is 1.41. The van der Waals surface area contributed by atoms with Crippen LogP contribution in [0, 0.1) is 0 Å². The summed E-state index contributed by atoms with van der Waals surface area (Å²) in [4.78, 5) is 20.2. The Kier molecular flexibility index (Phi) is 5.60. The maximum absolute atomic E-state index is 12.0. The topological polar surface area (TPSA) is 90.1 Å². The van der Waals surface area contributed by atoms with Crippen LogP contribution < -0.4 is 15.8 Å². The van der Waals surface area contributed by atoms with E-state index in [1.54, 1.807) is 13.3 Å². The average Bonchev–Trinajstić information content (AvgIpc) is 2.55. The number of thioether (sulfide) groups is 1. The minimum Gasteiger partial charge on any atom is -0.497 e. The molecule has 0 atom stereocenters. The molecule has 2 aromatic rings. The lowest BCUT2D eigenvalue weighted by Crippen LogP contribution is -2.25. The second kappa shape index (κ2) is 7.65. The van der Waals surface area contributed by atoms with Gasteiger partial charge in [0.15, 0.2) is 5.16 Å². The van der Waals surface area contributed by atoms with E-state index in [0.29, 0.717) is 23.1 Å². The highest BCUT2D eigenvalue weighted by atomic mass is 32.2. The van der Waals surface area contributed by atoms with Crippen LogP contribution in [0.2, 0.25) is 0 Å². The number of nitrogen functional groups attached to an aromatic ring is 1. The van der Waals surface area contributed by atoms with Gasteiger partial charge in [0.2, 0.25) is 5.91 Å². The molecule has 22 heavy (non-hydrogen) atoms. The summed E-state index contributed by atoms with van der Waals surface area (Å²) in [7, 11) is 1.62. The third-order valence-corrected chi connectivity index (χ3v) is 3.62. The van der Waals surface area contributed by atoms with Crippen LogP contribution in [0.25, 0.3) is 0 Å². The van der Waals surface area contributed by atoms with Crippen molar-refractivity contribution in [1.29, 1.82) is 0 Å². The first kappa shape index (κ1) is 16.1. The molecule has 0 aliphatic rings. The second-order valence-electron chi connectivity index (χ2n) is 4.57. The van der Waals surface area contributed by atoms with E-state index in [-0.39, 0.29) is 12.3 Å². The Morgan fingerprint density at radius 3 is 2.68 bits per heavy atom. The predicted molar refractivity (Wildman–Crippen MR) is 86.8 cm³/mol. The molecule has 1 aromatic heterocycles. The SMILES string of the molecule is COc1ccc(CNC(=O)Cc2cnc(SC)nc2N)cc1. The molecule has 0 radical (unpaired) electrons. The van der Waals surface area contributed by atoms with Crippen LogP contribution >= 0.6 is 11.8 Å². The molecule has 116 valence electrons. The van der Waals surface area contributed by atoms with Crippen molar-refractivity contribution >= 4 is 23.5 Å². The molecule has 0 aliphatic carbocycles. The molecule has 0 fully saturated rings. The van der Waals surface area contributed by atoms with E-state index in [4.69, 9.17) is 10.5 Å². The molecule has 0 unspecified atom stereocenters. The number of rotatable bonds is 6. The fourth-order valence-electron chi connectivity index (χ4n) is 1.82. The molecule has 0 bridgehead atoms. The number of nitrogens with two attached hydrogens (primary N) is 1. The van der Waals surface area contributed by atoms with E-state index >= 15 is 0 Å². The highest BCUT2D eigenvalue weighted by Gasteiger charge is 2.09. The van der Waals surface area contributed by atoms with E-state index in [0.717, 1.165) is 11.3 Å². The summed E-state index contributed by atoms with van der Waals surface area (Å²) in [5, 5.41) is 3.44. The van der Waals surface area contributed by atoms with Crippen LogP contribution in [-0.4, -0.2) is 29.2 Å². The van der Waals surface area contributed by atoms with Gasteiger partial charge in [0.1, 0.15) is 11.6 Å². The number of nitrogens with one attached hydrogen (secondary N) is 1. The largest absolute Gasteiger partial charge is 0.497 e. The molecule has 0 saturated heterocycles. The summed E-state index contributed by atoms with van der Waals surface area (Å²) in [5.41, 5.74) is 7.45. The minimum absolute atomic E-state index is 0.122. The van der Waals surface area contributed by atoms with Gasteiger partial charge in [0.05, 0.1) is 13.5 Å². The first-order chi connectivity index (χ1) is 10.6. The van der Waals surface area contributed by atoms with Gasteiger partial charge in [-0.3, -0.25) is 4.79 Å². The predicted octanol–water partition coefficient (Wildman–Crippen LogP) is 1.65. The Morgan fingerprint density at radius 1 is 1.36 bits per heavy atom. The lowest BCUT2D eigenvalue weighted by Gasteiger charge is -2.08. The van der Waals surface area contributed by atoms with Crippen molar-refractivity contribution in [2.45, 2.75) is 18.1 Å². The van der Waals surface area contributed by atoms with Crippen molar-refractivity contribution < 1.29 is 9.53 Å². The van der Waals surface area contributed by atoms with Gasteiger partial charge in [-0.15, -0.1) is 0 Å². The average molecular weight is 318 g/mol. The number of methoxy groups -OCH3 is 1. The maximum Gasteiger partial charge on any atom is 0.224 e. The lowest BCUT2D eigenvalue weighted by molar-refractivity contribution is -0.120. The highest BCUT2D eigenvalue weighted by Crippen LogP contribution is 2.14. The van der Waals surface area contributed by atoms with Crippen LogP contribution in [-0.2, 0) is 17.8 Å². The molecule has 6 nitrogen and oxygen atoms in total. The van der Waals surface area contributed by atoms with E-state index in [2.05, 4.69) is 15.3 Å². The molecular formula is C15H18N4O2S. The van der Waals surface area contributed by atoms with Crippen molar-refractivity contribution in [2.75, 3.05) is 19.1 Å². The Hall–Kier alpha value is -2.28. The van der Waals surface area contributed by atoms with Gasteiger partial charge in [-0.1, -0.05) is 23.9 Å². The normalized spacial score (nSPS) is 10.3. The number of hydrogen-bond acceptors (Lipinski definition) is 6. The van der Waals surface area contributed by atoms with Gasteiger partial charge in [-0.2, -0.15) is 0 Å². The molecule has 7 heteroatoms. The van der Waals surface area contributed by atoms with Crippen LogP contribution in [0.5, 0.6) is 5.75 Å². The van der Waals surface area contributed by atoms with Gasteiger partial charge in [0, 0.05) is 18.3 Å². The zero-order valence-electron chi connectivity index (χ0n) is 12.5. The van der Waals surface area contributed by atoms with E-state index in [1.165, 1.54) is 11.8 Å². The maximum atomic E-state index is 12.0. The first-order valence-corrected chi connectivity index (χ1v) is 7.90. The zero-order valence-corrected chi connectivity index (χ0v) is 13.3. The van der Waals surface area contributed by atoms with Gasteiger partial charge in [0.25, 0.3) is 0 Å². The fraction of sp³-hybridized carbons (Fsp3) is 0.267. The molecular weight excluding hydrogens is 300 g/mol. The Labute approximate surface area is 133 Å². The molecule has 0 aliphatic heterocycles. The Balaban J connectivity index is 1.89. The molecule has 3 N–H and O–H groups in total. The monoisotopic (exact) mass is 318 g/mol.